The third-order valence-corrected chi connectivity index (χ3v) is 8.81. The van der Waals surface area contributed by atoms with Gasteiger partial charge in [0.15, 0.2) is 16.8 Å². The average molecular weight is 681 g/mol. The fraction of sp³-hybridized carbons (Fsp3) is 0.314. The summed E-state index contributed by atoms with van der Waals surface area (Å²) in [4.78, 5) is 39.8. The number of methoxy groups -OCH3 is 2. The molecule has 0 bridgehead atoms. The Labute approximate surface area is 286 Å². The van der Waals surface area contributed by atoms with Crippen LogP contribution < -0.4 is 20.3 Å². The molecule has 2 aromatic heterocycles. The van der Waals surface area contributed by atoms with E-state index in [0.29, 0.717) is 11.5 Å². The molecule has 3 N–H and O–H groups in total. The molecule has 1 unspecified atom stereocenters. The molecule has 0 aliphatic carbocycles. The SMILES string of the molecule is COc1ccc(C(OC[C@@H]2OC[C@@H](O)C2(N=[N+]=[N-])n2cnc3c(=O)[nH]c(NC(=O)C(C)C)nc32)(c2ccccc2)c2ccc(OC)cc2)cc1. The summed E-state index contributed by atoms with van der Waals surface area (Å²) in [7, 11) is 3.17. The zero-order valence-corrected chi connectivity index (χ0v) is 27.8. The molecule has 6 rings (SSSR count). The molecule has 1 saturated heterocycles. The number of aliphatic hydroxyl groups is 1. The zero-order chi connectivity index (χ0) is 35.5. The maximum atomic E-state index is 13.1. The Kier molecular flexibility index (Phi) is 9.57. The number of hydrogen-bond donors (Lipinski definition) is 3. The van der Waals surface area contributed by atoms with Crippen molar-refractivity contribution in [1.29, 1.82) is 0 Å². The molecule has 0 saturated carbocycles. The average Bonchev–Trinajstić information content (AvgIpc) is 3.71. The van der Waals surface area contributed by atoms with Crippen molar-refractivity contribution in [2.75, 3.05) is 32.8 Å². The summed E-state index contributed by atoms with van der Waals surface area (Å²) in [5, 5.41) is 18.2. The number of benzene rings is 3. The second-order valence-corrected chi connectivity index (χ2v) is 12.0. The van der Waals surface area contributed by atoms with Crippen LogP contribution in [0.15, 0.2) is 95.1 Å². The van der Waals surface area contributed by atoms with Gasteiger partial charge in [-0.3, -0.25) is 24.5 Å². The minimum absolute atomic E-state index is 0.0469. The number of H-pyrrole nitrogens is 1. The van der Waals surface area contributed by atoms with Gasteiger partial charge in [0, 0.05) is 10.8 Å². The van der Waals surface area contributed by atoms with E-state index in [4.69, 9.17) is 18.9 Å². The number of ether oxygens (including phenoxy) is 4. The normalized spacial score (nSPS) is 18.9. The summed E-state index contributed by atoms with van der Waals surface area (Å²) >= 11 is 0. The minimum Gasteiger partial charge on any atom is -0.497 e. The molecule has 1 amide bonds. The summed E-state index contributed by atoms with van der Waals surface area (Å²) in [5.74, 6) is 0.376. The Morgan fingerprint density at radius 3 is 2.24 bits per heavy atom. The van der Waals surface area contributed by atoms with E-state index >= 15 is 0 Å². The molecule has 50 heavy (non-hydrogen) atoms. The van der Waals surface area contributed by atoms with Crippen LogP contribution in [0.2, 0.25) is 0 Å². The number of amides is 1. The van der Waals surface area contributed by atoms with Crippen LogP contribution in [0, 0.1) is 5.92 Å². The van der Waals surface area contributed by atoms with Crippen LogP contribution in [-0.2, 0) is 25.5 Å². The van der Waals surface area contributed by atoms with Crippen LogP contribution in [0.5, 0.6) is 11.5 Å². The van der Waals surface area contributed by atoms with E-state index in [9.17, 15) is 20.2 Å². The van der Waals surface area contributed by atoms with Gasteiger partial charge >= 0.3 is 0 Å². The van der Waals surface area contributed by atoms with Crippen molar-refractivity contribution in [2.24, 2.45) is 11.0 Å². The van der Waals surface area contributed by atoms with E-state index in [1.807, 2.05) is 78.9 Å². The van der Waals surface area contributed by atoms with Gasteiger partial charge in [-0.25, -0.2) is 4.98 Å². The molecule has 1 aliphatic heterocycles. The predicted molar refractivity (Wildman–Crippen MR) is 183 cm³/mol. The summed E-state index contributed by atoms with van der Waals surface area (Å²) in [5.41, 5.74) is 8.19. The van der Waals surface area contributed by atoms with E-state index in [1.165, 1.54) is 10.9 Å². The molecule has 258 valence electrons. The van der Waals surface area contributed by atoms with Crippen molar-refractivity contribution in [1.82, 2.24) is 19.5 Å². The van der Waals surface area contributed by atoms with Gasteiger partial charge in [0.05, 0.1) is 33.8 Å². The van der Waals surface area contributed by atoms with Crippen molar-refractivity contribution in [3.63, 3.8) is 0 Å². The number of carbonyl (C=O) groups is 1. The molecule has 1 aliphatic rings. The number of aromatic nitrogens is 4. The molecule has 0 spiro atoms. The Hall–Kier alpha value is -5.73. The van der Waals surface area contributed by atoms with E-state index < -0.39 is 34.9 Å². The molecule has 3 heterocycles. The van der Waals surface area contributed by atoms with Gasteiger partial charge in [-0.1, -0.05) is 73.6 Å². The number of azide groups is 1. The molecule has 5 aromatic rings. The number of nitrogens with one attached hydrogen (secondary N) is 2. The largest absolute Gasteiger partial charge is 0.497 e. The van der Waals surface area contributed by atoms with Gasteiger partial charge in [-0.15, -0.1) is 0 Å². The summed E-state index contributed by atoms with van der Waals surface area (Å²) in [6.07, 6.45) is -1.29. The number of aliphatic hydroxyl groups excluding tert-OH is 1. The molecule has 1 fully saturated rings. The number of imidazole rings is 1. The maximum Gasteiger partial charge on any atom is 0.280 e. The maximum absolute atomic E-state index is 13.1. The molecular formula is C35H36N8O7. The van der Waals surface area contributed by atoms with E-state index in [2.05, 4.69) is 30.3 Å². The third-order valence-electron chi connectivity index (χ3n) is 8.81. The highest BCUT2D eigenvalue weighted by Gasteiger charge is 2.55. The van der Waals surface area contributed by atoms with Crippen molar-refractivity contribution in [3.8, 4) is 11.5 Å². The third kappa shape index (κ3) is 5.92. The molecule has 0 radical (unpaired) electrons. The van der Waals surface area contributed by atoms with Crippen LogP contribution in [0.25, 0.3) is 21.6 Å². The lowest BCUT2D eigenvalue weighted by Gasteiger charge is -2.39. The number of fused-ring (bicyclic) bond motifs is 1. The lowest BCUT2D eigenvalue weighted by atomic mass is 9.80. The topological polar surface area (TPSA) is 199 Å². The predicted octanol–water partition coefficient (Wildman–Crippen LogP) is 4.46. The van der Waals surface area contributed by atoms with Crippen LogP contribution in [0.1, 0.15) is 30.5 Å². The lowest BCUT2D eigenvalue weighted by molar-refractivity contribution is -0.118. The van der Waals surface area contributed by atoms with Gasteiger partial charge in [-0.2, -0.15) is 4.98 Å². The first-order valence-electron chi connectivity index (χ1n) is 15.8. The van der Waals surface area contributed by atoms with Gasteiger partial charge in [0.2, 0.25) is 11.9 Å². The van der Waals surface area contributed by atoms with Crippen LogP contribution in [0.4, 0.5) is 5.95 Å². The highest BCUT2D eigenvalue weighted by Crippen LogP contribution is 2.44. The fourth-order valence-electron chi connectivity index (χ4n) is 6.17. The number of hydrogen-bond acceptors (Lipinski definition) is 10. The molecule has 3 aromatic carbocycles. The number of aromatic amines is 1. The summed E-state index contributed by atoms with van der Waals surface area (Å²) in [6, 6.07) is 24.5. The highest BCUT2D eigenvalue weighted by atomic mass is 16.6. The van der Waals surface area contributed by atoms with Crippen molar-refractivity contribution in [3.05, 3.63) is 123 Å². The Bertz CT molecular complexity index is 2030. The van der Waals surface area contributed by atoms with E-state index in [0.717, 1.165) is 16.7 Å². The minimum atomic E-state index is -1.91. The Morgan fingerprint density at radius 2 is 1.68 bits per heavy atom. The van der Waals surface area contributed by atoms with Crippen LogP contribution >= 0.6 is 0 Å². The van der Waals surface area contributed by atoms with E-state index in [-0.39, 0.29) is 36.2 Å². The molecular weight excluding hydrogens is 644 g/mol. The smallest absolute Gasteiger partial charge is 0.280 e. The number of nitrogens with zero attached hydrogens (tertiary/aromatic N) is 6. The van der Waals surface area contributed by atoms with Crippen molar-refractivity contribution >= 4 is 23.0 Å². The lowest BCUT2D eigenvalue weighted by Crippen LogP contribution is -2.50. The van der Waals surface area contributed by atoms with E-state index in [1.54, 1.807) is 28.1 Å². The van der Waals surface area contributed by atoms with Gasteiger partial charge in [0.25, 0.3) is 5.56 Å². The second-order valence-electron chi connectivity index (χ2n) is 12.0. The monoisotopic (exact) mass is 680 g/mol. The second kappa shape index (κ2) is 14.0. The molecule has 15 heteroatoms. The first-order valence-corrected chi connectivity index (χ1v) is 15.8. The fourth-order valence-corrected chi connectivity index (χ4v) is 6.17. The first kappa shape index (κ1) is 34.1. The first-order chi connectivity index (χ1) is 24.2. The summed E-state index contributed by atoms with van der Waals surface area (Å²) in [6.45, 7) is 2.91. The number of carbonyl (C=O) groups excluding carboxylic acids is 1. The quantitative estimate of drug-likeness (QED) is 0.0737. The van der Waals surface area contributed by atoms with Crippen molar-refractivity contribution in [2.45, 2.75) is 37.3 Å². The highest BCUT2D eigenvalue weighted by molar-refractivity contribution is 5.91. The van der Waals surface area contributed by atoms with Crippen LogP contribution in [0.3, 0.4) is 0 Å². The molecule has 3 atom stereocenters. The standard InChI is InChI=1S/C35H36N8O7/c1-21(2)31(45)39-33-38-30-29(32(46)40-33)37-20-43(30)35(41-42-36)27(44)18-49-28(35)19-50-34(22-8-6-5-7-9-22,23-10-14-25(47-3)15-11-23)24-12-16-26(48-4)17-13-24/h5-17,20-21,27-28,44H,18-19H2,1-4H3,(H2,38,39,40,45,46)/t27-,28+,35?/m1/s1. The number of rotatable bonds is 12. The van der Waals surface area contributed by atoms with Gasteiger partial charge < -0.3 is 24.1 Å². The molecule has 15 nitrogen and oxygen atoms in total. The Morgan fingerprint density at radius 1 is 1.08 bits per heavy atom. The van der Waals surface area contributed by atoms with Gasteiger partial charge in [0.1, 0.15) is 29.3 Å². The Balaban J connectivity index is 1.50. The van der Waals surface area contributed by atoms with Crippen LogP contribution in [-0.4, -0.2) is 70.2 Å². The number of anilines is 1. The summed E-state index contributed by atoms with van der Waals surface area (Å²) < 4.78 is 25.3. The van der Waals surface area contributed by atoms with Crippen molar-refractivity contribution < 1.29 is 28.8 Å². The van der Waals surface area contributed by atoms with Gasteiger partial charge in [-0.05, 0) is 46.5 Å². The zero-order valence-electron chi connectivity index (χ0n) is 27.8.